The minimum atomic E-state index is -4.39. The molecule has 1 aliphatic rings. The van der Waals surface area contributed by atoms with Gasteiger partial charge in [0.2, 0.25) is 5.88 Å². The highest BCUT2D eigenvalue weighted by atomic mass is 35.5. The fourth-order valence-corrected chi connectivity index (χ4v) is 3.07. The highest BCUT2D eigenvalue weighted by Gasteiger charge is 2.41. The molecule has 24 heavy (non-hydrogen) atoms. The first-order valence-electron chi connectivity index (χ1n) is 7.02. The van der Waals surface area contributed by atoms with Crippen molar-refractivity contribution in [3.8, 4) is 22.8 Å². The van der Waals surface area contributed by atoms with Crippen LogP contribution >= 0.6 is 23.2 Å². The van der Waals surface area contributed by atoms with Crippen molar-refractivity contribution in [1.29, 1.82) is 0 Å². The van der Waals surface area contributed by atoms with Gasteiger partial charge in [-0.2, -0.15) is 13.2 Å². The highest BCUT2D eigenvalue weighted by Crippen LogP contribution is 2.45. The predicted octanol–water partition coefficient (Wildman–Crippen LogP) is 5.18. The number of pyridine rings is 1. The summed E-state index contributed by atoms with van der Waals surface area (Å²) in [7, 11) is 1.44. The van der Waals surface area contributed by atoms with Crippen LogP contribution in [0.3, 0.4) is 0 Å². The van der Waals surface area contributed by atoms with Crippen LogP contribution < -0.4 is 9.47 Å². The van der Waals surface area contributed by atoms with Crippen LogP contribution in [0.15, 0.2) is 24.4 Å². The molecule has 0 aliphatic carbocycles. The third kappa shape index (κ3) is 3.13. The van der Waals surface area contributed by atoms with Crippen molar-refractivity contribution in [2.75, 3.05) is 13.7 Å². The predicted molar refractivity (Wildman–Crippen MR) is 85.0 cm³/mol. The molecule has 0 radical (unpaired) electrons. The largest absolute Gasteiger partial charge is 0.491 e. The summed E-state index contributed by atoms with van der Waals surface area (Å²) in [6.45, 7) is -0.496. The van der Waals surface area contributed by atoms with Gasteiger partial charge in [0, 0.05) is 17.2 Å². The van der Waals surface area contributed by atoms with Gasteiger partial charge in [0.15, 0.2) is 0 Å². The number of hydrogen-bond donors (Lipinski definition) is 0. The number of nitrogens with zero attached hydrogens (tertiary/aromatic N) is 1. The van der Waals surface area contributed by atoms with E-state index in [-0.39, 0.29) is 22.2 Å². The van der Waals surface area contributed by atoms with Crippen molar-refractivity contribution in [2.24, 2.45) is 5.92 Å². The maximum absolute atomic E-state index is 13.2. The zero-order valence-corrected chi connectivity index (χ0v) is 14.0. The van der Waals surface area contributed by atoms with E-state index in [2.05, 4.69) is 4.98 Å². The van der Waals surface area contributed by atoms with E-state index in [1.807, 2.05) is 0 Å². The van der Waals surface area contributed by atoms with Gasteiger partial charge >= 0.3 is 6.18 Å². The number of alkyl halides is 3. The van der Waals surface area contributed by atoms with Gasteiger partial charge in [0.05, 0.1) is 29.3 Å². The zero-order valence-electron chi connectivity index (χ0n) is 12.5. The molecular weight excluding hydrogens is 366 g/mol. The molecule has 0 N–H and O–H groups in total. The third-order valence-corrected chi connectivity index (χ3v) is 4.68. The van der Waals surface area contributed by atoms with Gasteiger partial charge in [-0.25, -0.2) is 4.98 Å². The third-order valence-electron chi connectivity index (χ3n) is 3.87. The van der Waals surface area contributed by atoms with E-state index in [0.29, 0.717) is 22.6 Å². The smallest absolute Gasteiger partial charge is 0.395 e. The minimum absolute atomic E-state index is 0.176. The van der Waals surface area contributed by atoms with Crippen molar-refractivity contribution >= 4 is 23.2 Å². The van der Waals surface area contributed by atoms with Gasteiger partial charge in [0.25, 0.3) is 0 Å². The van der Waals surface area contributed by atoms with Gasteiger partial charge < -0.3 is 9.47 Å². The van der Waals surface area contributed by atoms with Gasteiger partial charge in [-0.05, 0) is 18.1 Å². The molecule has 0 unspecified atom stereocenters. The standard InChI is InChI=1S/C16H12Cl2F3NO2/c1-23-13-5-10-12(6-22-13)24-7-9(16(19,20)21)4-8-2-3-11(17)15(18)14(8)10/h2-3,5-6,9H,4,7H2,1H3/t9-/m1/s1. The maximum atomic E-state index is 13.2. The molecule has 8 heteroatoms. The Balaban J connectivity index is 2.23. The SMILES string of the molecule is COc1cc2c(cn1)OC[C@H](C(F)(F)F)Cc1ccc(Cl)c(Cl)c1-2. The molecule has 2 heterocycles. The summed E-state index contributed by atoms with van der Waals surface area (Å²) in [6, 6.07) is 4.63. The molecule has 0 saturated carbocycles. The number of ether oxygens (including phenoxy) is 2. The molecule has 0 amide bonds. The highest BCUT2D eigenvalue weighted by molar-refractivity contribution is 6.44. The van der Waals surface area contributed by atoms with Crippen LogP contribution in [0.4, 0.5) is 13.2 Å². The van der Waals surface area contributed by atoms with E-state index in [1.165, 1.54) is 19.4 Å². The fourth-order valence-electron chi connectivity index (χ4n) is 2.62. The summed E-state index contributed by atoms with van der Waals surface area (Å²) in [6.07, 6.45) is -3.31. The first-order valence-corrected chi connectivity index (χ1v) is 7.77. The molecule has 1 aromatic carbocycles. The number of fused-ring (bicyclic) bond motifs is 3. The Morgan fingerprint density at radius 2 is 2.04 bits per heavy atom. The van der Waals surface area contributed by atoms with Crippen molar-refractivity contribution < 1.29 is 22.6 Å². The van der Waals surface area contributed by atoms with E-state index in [4.69, 9.17) is 32.7 Å². The molecule has 1 aliphatic heterocycles. The van der Waals surface area contributed by atoms with Crippen molar-refractivity contribution in [1.82, 2.24) is 4.98 Å². The van der Waals surface area contributed by atoms with E-state index >= 15 is 0 Å². The van der Waals surface area contributed by atoms with E-state index in [0.717, 1.165) is 0 Å². The van der Waals surface area contributed by atoms with Gasteiger partial charge in [-0.15, -0.1) is 0 Å². The number of rotatable bonds is 1. The van der Waals surface area contributed by atoms with Gasteiger partial charge in [-0.1, -0.05) is 29.3 Å². The Morgan fingerprint density at radius 3 is 2.71 bits per heavy atom. The van der Waals surface area contributed by atoms with Crippen molar-refractivity contribution in [3.63, 3.8) is 0 Å². The Bertz CT molecular complexity index is 781. The monoisotopic (exact) mass is 377 g/mol. The van der Waals surface area contributed by atoms with Gasteiger partial charge in [0.1, 0.15) is 12.4 Å². The van der Waals surface area contributed by atoms with E-state index in [9.17, 15) is 13.2 Å². The number of hydrogen-bond acceptors (Lipinski definition) is 3. The fraction of sp³-hybridized carbons (Fsp3) is 0.312. The first-order chi connectivity index (χ1) is 11.3. The second-order valence-electron chi connectivity index (χ2n) is 5.37. The van der Waals surface area contributed by atoms with Crippen LogP contribution in [0.2, 0.25) is 10.0 Å². The zero-order chi connectivity index (χ0) is 17.5. The van der Waals surface area contributed by atoms with E-state index in [1.54, 1.807) is 12.1 Å². The molecule has 1 aromatic heterocycles. The summed E-state index contributed by atoms with van der Waals surface area (Å²) in [4.78, 5) is 3.99. The lowest BCUT2D eigenvalue weighted by Crippen LogP contribution is -2.31. The Morgan fingerprint density at radius 1 is 1.29 bits per heavy atom. The molecular formula is C16H12Cl2F3NO2. The second-order valence-corrected chi connectivity index (χ2v) is 6.16. The summed E-state index contributed by atoms with van der Waals surface area (Å²) in [5.74, 6) is -1.15. The molecule has 0 bridgehead atoms. The average Bonchev–Trinajstić information content (AvgIpc) is 2.51. The molecule has 0 spiro atoms. The summed E-state index contributed by atoms with van der Waals surface area (Å²) in [5.41, 5.74) is 1.36. The average molecular weight is 378 g/mol. The van der Waals surface area contributed by atoms with Crippen LogP contribution in [-0.4, -0.2) is 24.9 Å². The Kier molecular flexibility index (Phi) is 4.53. The summed E-state index contributed by atoms with van der Waals surface area (Å²) in [5, 5.41) is 0.427. The van der Waals surface area contributed by atoms with Crippen molar-refractivity contribution in [2.45, 2.75) is 12.6 Å². The molecule has 2 aromatic rings. The van der Waals surface area contributed by atoms with E-state index < -0.39 is 18.7 Å². The maximum Gasteiger partial charge on any atom is 0.395 e. The lowest BCUT2D eigenvalue weighted by molar-refractivity contribution is -0.181. The minimum Gasteiger partial charge on any atom is -0.491 e. The van der Waals surface area contributed by atoms with Crippen LogP contribution in [0, 0.1) is 5.92 Å². The number of aromatic nitrogens is 1. The number of methoxy groups -OCH3 is 1. The van der Waals surface area contributed by atoms with Crippen LogP contribution in [0.1, 0.15) is 5.56 Å². The normalized spacial score (nSPS) is 17.2. The summed E-state index contributed by atoms with van der Waals surface area (Å²) >= 11 is 12.4. The lowest BCUT2D eigenvalue weighted by atomic mass is 9.91. The Labute approximate surface area is 146 Å². The summed E-state index contributed by atoms with van der Waals surface area (Å²) < 4.78 is 50.2. The van der Waals surface area contributed by atoms with Crippen LogP contribution in [0.25, 0.3) is 11.1 Å². The number of halogens is 5. The number of benzene rings is 1. The lowest BCUT2D eigenvalue weighted by Gasteiger charge is -2.26. The molecule has 1 atom stereocenters. The van der Waals surface area contributed by atoms with Crippen LogP contribution in [-0.2, 0) is 6.42 Å². The molecule has 0 saturated heterocycles. The van der Waals surface area contributed by atoms with Crippen molar-refractivity contribution in [3.05, 3.63) is 40.0 Å². The van der Waals surface area contributed by atoms with Crippen LogP contribution in [0.5, 0.6) is 11.6 Å². The first kappa shape index (κ1) is 17.2. The molecule has 128 valence electrons. The quantitative estimate of drug-likeness (QED) is 0.686. The topological polar surface area (TPSA) is 31.4 Å². The molecule has 0 fully saturated rings. The Hall–Kier alpha value is -1.66. The molecule has 3 nitrogen and oxygen atoms in total. The second kappa shape index (κ2) is 6.33. The van der Waals surface area contributed by atoms with Gasteiger partial charge in [-0.3, -0.25) is 0 Å². The molecule has 3 rings (SSSR count).